The number of carbonyl (C=O) groups is 1. The number of benzene rings is 2. The number of amides is 1. The standard InChI is InChI=1S/C21H19BrF3N3O2/c1-4-16(19(29)26-14-7-5-13(22)6-8-14)28-17-10-12(3)11(2)9-15(17)27-18(20(28)30)21(23,24)25/h5-10,16H,4H2,1-3H3,(H,26,29)/t16-/m0/s1. The zero-order valence-corrected chi connectivity index (χ0v) is 18.1. The van der Waals surface area contributed by atoms with Crippen LogP contribution in [0.15, 0.2) is 45.7 Å². The van der Waals surface area contributed by atoms with Crippen molar-refractivity contribution in [2.24, 2.45) is 0 Å². The Morgan fingerprint density at radius 2 is 1.77 bits per heavy atom. The summed E-state index contributed by atoms with van der Waals surface area (Å²) in [6.07, 6.45) is -4.82. The molecular weight excluding hydrogens is 463 g/mol. The summed E-state index contributed by atoms with van der Waals surface area (Å²) in [7, 11) is 0. The Kier molecular flexibility index (Phi) is 6.03. The first-order valence-corrected chi connectivity index (χ1v) is 9.99. The molecule has 1 heterocycles. The first-order valence-electron chi connectivity index (χ1n) is 9.20. The van der Waals surface area contributed by atoms with Gasteiger partial charge < -0.3 is 5.32 Å². The Hall–Kier alpha value is -2.68. The summed E-state index contributed by atoms with van der Waals surface area (Å²) >= 11 is 3.30. The number of nitrogens with one attached hydrogen (secondary N) is 1. The highest BCUT2D eigenvalue weighted by atomic mass is 79.9. The van der Waals surface area contributed by atoms with Crippen molar-refractivity contribution in [1.82, 2.24) is 9.55 Å². The molecule has 1 atom stereocenters. The minimum absolute atomic E-state index is 0.0138. The largest absolute Gasteiger partial charge is 0.438 e. The van der Waals surface area contributed by atoms with E-state index in [2.05, 4.69) is 26.2 Å². The van der Waals surface area contributed by atoms with Gasteiger partial charge in [-0.25, -0.2) is 4.98 Å². The number of nitrogens with zero attached hydrogens (tertiary/aromatic N) is 2. The Morgan fingerprint density at radius 1 is 1.17 bits per heavy atom. The van der Waals surface area contributed by atoms with Gasteiger partial charge in [0, 0.05) is 10.2 Å². The Labute approximate surface area is 179 Å². The SMILES string of the molecule is CC[C@@H](C(=O)Nc1ccc(Br)cc1)n1c(=O)c(C(F)(F)F)nc2cc(C)c(C)cc21. The summed E-state index contributed by atoms with van der Waals surface area (Å²) in [5.74, 6) is -0.583. The topological polar surface area (TPSA) is 64.0 Å². The lowest BCUT2D eigenvalue weighted by Crippen LogP contribution is -2.37. The summed E-state index contributed by atoms with van der Waals surface area (Å²) < 4.78 is 42.2. The third kappa shape index (κ3) is 4.26. The molecule has 30 heavy (non-hydrogen) atoms. The average molecular weight is 482 g/mol. The maximum atomic E-state index is 13.5. The van der Waals surface area contributed by atoms with Crippen LogP contribution in [-0.4, -0.2) is 15.5 Å². The fraction of sp³-hybridized carbons (Fsp3) is 0.286. The van der Waals surface area contributed by atoms with Gasteiger partial charge >= 0.3 is 6.18 Å². The van der Waals surface area contributed by atoms with Crippen LogP contribution in [0.2, 0.25) is 0 Å². The first-order chi connectivity index (χ1) is 14.0. The van der Waals surface area contributed by atoms with Gasteiger partial charge in [0.05, 0.1) is 11.0 Å². The van der Waals surface area contributed by atoms with Crippen LogP contribution in [0.4, 0.5) is 18.9 Å². The lowest BCUT2D eigenvalue weighted by molar-refractivity contribution is -0.142. The van der Waals surface area contributed by atoms with Crippen molar-refractivity contribution in [3.8, 4) is 0 Å². The van der Waals surface area contributed by atoms with Gasteiger partial charge in [0.15, 0.2) is 0 Å². The molecule has 5 nitrogen and oxygen atoms in total. The van der Waals surface area contributed by atoms with Crippen LogP contribution in [0.5, 0.6) is 0 Å². The number of aromatic nitrogens is 2. The van der Waals surface area contributed by atoms with Gasteiger partial charge in [-0.05, 0) is 67.8 Å². The van der Waals surface area contributed by atoms with E-state index in [4.69, 9.17) is 0 Å². The highest BCUT2D eigenvalue weighted by Gasteiger charge is 2.38. The molecule has 0 aliphatic rings. The molecule has 3 rings (SSSR count). The molecule has 0 unspecified atom stereocenters. The molecule has 0 bridgehead atoms. The van der Waals surface area contributed by atoms with Gasteiger partial charge in [-0.15, -0.1) is 0 Å². The van der Waals surface area contributed by atoms with E-state index in [0.717, 1.165) is 20.2 Å². The molecule has 158 valence electrons. The lowest BCUT2D eigenvalue weighted by Gasteiger charge is -2.22. The summed E-state index contributed by atoms with van der Waals surface area (Å²) in [6.45, 7) is 5.17. The fourth-order valence-electron chi connectivity index (χ4n) is 3.20. The Balaban J connectivity index is 2.21. The number of anilines is 1. The van der Waals surface area contributed by atoms with E-state index in [0.29, 0.717) is 5.69 Å². The van der Waals surface area contributed by atoms with Gasteiger partial charge in [0.25, 0.3) is 5.56 Å². The smallest absolute Gasteiger partial charge is 0.324 e. The minimum Gasteiger partial charge on any atom is -0.324 e. The number of halogens is 4. The molecule has 0 spiro atoms. The van der Waals surface area contributed by atoms with E-state index in [1.54, 1.807) is 51.1 Å². The first kappa shape index (κ1) is 22.0. The summed E-state index contributed by atoms with van der Waals surface area (Å²) in [6, 6.07) is 8.68. The van der Waals surface area contributed by atoms with Crippen molar-refractivity contribution in [1.29, 1.82) is 0 Å². The van der Waals surface area contributed by atoms with E-state index in [1.807, 2.05) is 0 Å². The van der Waals surface area contributed by atoms with Gasteiger partial charge in [-0.2, -0.15) is 13.2 Å². The summed E-state index contributed by atoms with van der Waals surface area (Å²) in [5.41, 5.74) is -0.685. The van der Waals surface area contributed by atoms with Gasteiger partial charge in [0.2, 0.25) is 11.6 Å². The van der Waals surface area contributed by atoms with Crippen LogP contribution >= 0.6 is 15.9 Å². The number of hydrogen-bond donors (Lipinski definition) is 1. The molecule has 0 aliphatic heterocycles. The molecule has 1 N–H and O–H groups in total. The Bertz CT molecular complexity index is 1170. The van der Waals surface area contributed by atoms with E-state index in [-0.39, 0.29) is 17.5 Å². The number of alkyl halides is 3. The number of fused-ring (bicyclic) bond motifs is 1. The number of hydrogen-bond acceptors (Lipinski definition) is 3. The van der Waals surface area contributed by atoms with Crippen molar-refractivity contribution in [3.63, 3.8) is 0 Å². The van der Waals surface area contributed by atoms with Crippen molar-refractivity contribution in [3.05, 3.63) is 68.0 Å². The molecule has 1 aromatic heterocycles. The molecular formula is C21H19BrF3N3O2. The van der Waals surface area contributed by atoms with Crippen LogP contribution in [0, 0.1) is 13.8 Å². The molecule has 9 heteroatoms. The second-order valence-electron chi connectivity index (χ2n) is 6.98. The number of carbonyl (C=O) groups excluding carboxylic acids is 1. The molecule has 0 radical (unpaired) electrons. The third-order valence-corrected chi connectivity index (χ3v) is 5.41. The molecule has 1 amide bonds. The van der Waals surface area contributed by atoms with Crippen molar-refractivity contribution in [2.75, 3.05) is 5.32 Å². The van der Waals surface area contributed by atoms with Gasteiger partial charge in [0.1, 0.15) is 6.04 Å². The second kappa shape index (κ2) is 8.22. The van der Waals surface area contributed by atoms with Crippen molar-refractivity contribution < 1.29 is 18.0 Å². The normalized spacial score (nSPS) is 12.8. The van der Waals surface area contributed by atoms with E-state index >= 15 is 0 Å². The second-order valence-corrected chi connectivity index (χ2v) is 7.89. The predicted octanol–water partition coefficient (Wildman–Crippen LogP) is 5.38. The number of aryl methyl sites for hydroxylation is 2. The fourth-order valence-corrected chi connectivity index (χ4v) is 3.46. The Morgan fingerprint density at radius 3 is 2.33 bits per heavy atom. The summed E-state index contributed by atoms with van der Waals surface area (Å²) in [4.78, 5) is 29.4. The minimum atomic E-state index is -4.94. The quantitative estimate of drug-likeness (QED) is 0.543. The highest BCUT2D eigenvalue weighted by Crippen LogP contribution is 2.29. The molecule has 0 saturated carbocycles. The average Bonchev–Trinajstić information content (AvgIpc) is 2.66. The zero-order valence-electron chi connectivity index (χ0n) is 16.5. The number of rotatable bonds is 4. The van der Waals surface area contributed by atoms with Gasteiger partial charge in [-0.3, -0.25) is 14.2 Å². The molecule has 0 aliphatic carbocycles. The van der Waals surface area contributed by atoms with Crippen molar-refractivity contribution >= 4 is 38.6 Å². The summed E-state index contributed by atoms with van der Waals surface area (Å²) in [5, 5.41) is 2.67. The van der Waals surface area contributed by atoms with E-state index in [9.17, 15) is 22.8 Å². The maximum Gasteiger partial charge on any atom is 0.438 e. The highest BCUT2D eigenvalue weighted by molar-refractivity contribution is 9.10. The van der Waals surface area contributed by atoms with Crippen LogP contribution in [0.1, 0.15) is 36.2 Å². The van der Waals surface area contributed by atoms with E-state index in [1.165, 1.54) is 6.07 Å². The maximum absolute atomic E-state index is 13.5. The molecule has 0 saturated heterocycles. The molecule has 2 aromatic carbocycles. The van der Waals surface area contributed by atoms with Crippen LogP contribution in [-0.2, 0) is 11.0 Å². The van der Waals surface area contributed by atoms with Crippen molar-refractivity contribution in [2.45, 2.75) is 39.4 Å². The predicted molar refractivity (Wildman–Crippen MR) is 113 cm³/mol. The van der Waals surface area contributed by atoms with Crippen LogP contribution in [0.3, 0.4) is 0 Å². The van der Waals surface area contributed by atoms with Gasteiger partial charge in [-0.1, -0.05) is 22.9 Å². The molecule has 0 fully saturated rings. The third-order valence-electron chi connectivity index (χ3n) is 4.89. The zero-order chi connectivity index (χ0) is 22.2. The molecule has 3 aromatic rings. The van der Waals surface area contributed by atoms with Crippen LogP contribution in [0.25, 0.3) is 11.0 Å². The lowest BCUT2D eigenvalue weighted by atomic mass is 10.1. The monoisotopic (exact) mass is 481 g/mol. The van der Waals surface area contributed by atoms with Crippen LogP contribution < -0.4 is 10.9 Å². The van der Waals surface area contributed by atoms with E-state index < -0.39 is 29.4 Å².